The number of rotatable bonds is 3. The molecule has 5 heteroatoms. The maximum Gasteiger partial charge on any atom is 0.0693 e. The Morgan fingerprint density at radius 2 is 1.61 bits per heavy atom. The normalized spacial score (nSPS) is 10.7. The van der Waals surface area contributed by atoms with E-state index < -0.39 is 0 Å². The van der Waals surface area contributed by atoms with Crippen LogP contribution in [0.25, 0.3) is 0 Å². The monoisotopic (exact) mass is 318 g/mol. The Labute approximate surface area is 125 Å². The molecule has 0 saturated heterocycles. The highest BCUT2D eigenvalue weighted by atomic mass is 35.5. The van der Waals surface area contributed by atoms with E-state index in [-0.39, 0.29) is 6.61 Å². The first kappa shape index (κ1) is 14.0. The molecule has 1 N–H and O–H groups in total. The van der Waals surface area contributed by atoms with E-state index in [0.29, 0.717) is 20.6 Å². The van der Waals surface area contributed by atoms with Crippen LogP contribution in [0.1, 0.15) is 5.56 Å². The molecule has 0 amide bonds. The van der Waals surface area contributed by atoms with Crippen molar-refractivity contribution in [1.82, 2.24) is 0 Å². The van der Waals surface area contributed by atoms with Crippen LogP contribution in [0.3, 0.4) is 0 Å². The molecule has 18 heavy (non-hydrogen) atoms. The molecular formula is C13H9Cl3OS. The van der Waals surface area contributed by atoms with Crippen LogP contribution in [-0.4, -0.2) is 5.11 Å². The van der Waals surface area contributed by atoms with E-state index in [0.717, 1.165) is 9.79 Å². The quantitative estimate of drug-likeness (QED) is 0.829. The van der Waals surface area contributed by atoms with Gasteiger partial charge in [-0.25, -0.2) is 0 Å². The second-order valence-corrected chi connectivity index (χ2v) is 5.95. The number of hydrogen-bond acceptors (Lipinski definition) is 2. The van der Waals surface area contributed by atoms with E-state index in [1.807, 2.05) is 24.3 Å². The fourth-order valence-corrected chi connectivity index (χ4v) is 3.16. The molecule has 0 saturated carbocycles. The minimum atomic E-state index is -0.101. The zero-order valence-electron chi connectivity index (χ0n) is 9.16. The van der Waals surface area contributed by atoms with E-state index in [1.54, 1.807) is 12.1 Å². The Balaban J connectivity index is 2.36. The van der Waals surface area contributed by atoms with Crippen molar-refractivity contribution in [3.63, 3.8) is 0 Å². The van der Waals surface area contributed by atoms with E-state index in [4.69, 9.17) is 34.8 Å². The van der Waals surface area contributed by atoms with Crippen molar-refractivity contribution in [3.05, 3.63) is 57.0 Å². The van der Waals surface area contributed by atoms with Crippen molar-refractivity contribution < 1.29 is 5.11 Å². The molecule has 0 aromatic heterocycles. The summed E-state index contributed by atoms with van der Waals surface area (Å²) in [6.45, 7) is -0.101. The predicted molar refractivity (Wildman–Crippen MR) is 78.0 cm³/mol. The Morgan fingerprint density at radius 3 is 2.22 bits per heavy atom. The lowest BCUT2D eigenvalue weighted by molar-refractivity contribution is 0.279. The summed E-state index contributed by atoms with van der Waals surface area (Å²) in [6, 6.07) is 10.8. The average Bonchev–Trinajstić information content (AvgIpc) is 2.34. The summed E-state index contributed by atoms with van der Waals surface area (Å²) in [4.78, 5) is 1.81. The van der Waals surface area contributed by atoms with E-state index in [9.17, 15) is 5.11 Å². The molecule has 94 valence electrons. The highest BCUT2D eigenvalue weighted by Crippen LogP contribution is 2.38. The van der Waals surface area contributed by atoms with Crippen LogP contribution in [0.5, 0.6) is 0 Å². The fraction of sp³-hybridized carbons (Fsp3) is 0.0769. The molecule has 0 spiro atoms. The molecular weight excluding hydrogens is 311 g/mol. The Hall–Kier alpha value is -0.380. The highest BCUT2D eigenvalue weighted by Gasteiger charge is 2.10. The van der Waals surface area contributed by atoms with Gasteiger partial charge in [0.1, 0.15) is 0 Å². The van der Waals surface area contributed by atoms with E-state index in [1.165, 1.54) is 11.8 Å². The number of aliphatic hydroxyl groups is 1. The lowest BCUT2D eigenvalue weighted by atomic mass is 10.2. The molecule has 1 nitrogen and oxygen atoms in total. The number of halogens is 3. The van der Waals surface area contributed by atoms with Gasteiger partial charge in [-0.2, -0.15) is 0 Å². The molecule has 2 aromatic carbocycles. The van der Waals surface area contributed by atoms with Crippen LogP contribution < -0.4 is 0 Å². The minimum Gasteiger partial charge on any atom is -0.392 e. The Kier molecular flexibility index (Phi) is 4.82. The SMILES string of the molecule is OCc1cc(Cl)cc(Cl)c1Sc1ccc(Cl)cc1. The molecule has 0 radical (unpaired) electrons. The van der Waals surface area contributed by atoms with Crippen molar-refractivity contribution in [3.8, 4) is 0 Å². The molecule has 0 unspecified atom stereocenters. The van der Waals surface area contributed by atoms with Gasteiger partial charge in [0.05, 0.1) is 11.6 Å². The van der Waals surface area contributed by atoms with E-state index in [2.05, 4.69) is 0 Å². The number of hydrogen-bond donors (Lipinski definition) is 1. The summed E-state index contributed by atoms with van der Waals surface area (Å²) < 4.78 is 0. The lowest BCUT2D eigenvalue weighted by Gasteiger charge is -2.10. The maximum atomic E-state index is 9.34. The first-order valence-corrected chi connectivity index (χ1v) is 7.07. The molecule has 0 aliphatic heterocycles. The molecule has 2 aromatic rings. The van der Waals surface area contributed by atoms with Gasteiger partial charge >= 0.3 is 0 Å². The topological polar surface area (TPSA) is 20.2 Å². The van der Waals surface area contributed by atoms with Crippen LogP contribution in [0, 0.1) is 0 Å². The van der Waals surface area contributed by atoms with Crippen LogP contribution in [0.4, 0.5) is 0 Å². The third kappa shape index (κ3) is 3.34. The summed E-state index contributed by atoms with van der Waals surface area (Å²) in [5.41, 5.74) is 0.715. The minimum absolute atomic E-state index is 0.101. The van der Waals surface area contributed by atoms with Crippen molar-refractivity contribution >= 4 is 46.6 Å². The van der Waals surface area contributed by atoms with Crippen molar-refractivity contribution in [2.45, 2.75) is 16.4 Å². The summed E-state index contributed by atoms with van der Waals surface area (Å²) in [6.07, 6.45) is 0. The number of benzene rings is 2. The number of aliphatic hydroxyl groups excluding tert-OH is 1. The second-order valence-electron chi connectivity index (χ2n) is 3.59. The molecule has 0 fully saturated rings. The average molecular weight is 320 g/mol. The molecule has 0 heterocycles. The zero-order chi connectivity index (χ0) is 13.1. The van der Waals surface area contributed by atoms with Gasteiger partial charge in [0, 0.05) is 19.8 Å². The van der Waals surface area contributed by atoms with Gasteiger partial charge in [0.15, 0.2) is 0 Å². The van der Waals surface area contributed by atoms with Gasteiger partial charge in [-0.15, -0.1) is 0 Å². The van der Waals surface area contributed by atoms with Gasteiger partial charge in [0.2, 0.25) is 0 Å². The zero-order valence-corrected chi connectivity index (χ0v) is 12.2. The smallest absolute Gasteiger partial charge is 0.0693 e. The largest absolute Gasteiger partial charge is 0.392 e. The summed E-state index contributed by atoms with van der Waals surface area (Å²) >= 11 is 19.4. The Morgan fingerprint density at radius 1 is 0.944 bits per heavy atom. The van der Waals surface area contributed by atoms with Crippen LogP contribution in [0.2, 0.25) is 15.1 Å². The first-order chi connectivity index (χ1) is 8.60. The summed E-state index contributed by atoms with van der Waals surface area (Å²) in [5, 5.41) is 11.1. The predicted octanol–water partition coefficient (Wildman–Crippen LogP) is 5.29. The standard InChI is InChI=1S/C13H9Cl3OS/c14-9-1-3-11(4-2-9)18-13-8(7-17)5-10(15)6-12(13)16/h1-6,17H,7H2. The summed E-state index contributed by atoms with van der Waals surface area (Å²) in [5.74, 6) is 0. The van der Waals surface area contributed by atoms with Crippen LogP contribution in [0.15, 0.2) is 46.2 Å². The fourth-order valence-electron chi connectivity index (χ4n) is 1.47. The van der Waals surface area contributed by atoms with Crippen LogP contribution >= 0.6 is 46.6 Å². The van der Waals surface area contributed by atoms with Crippen molar-refractivity contribution in [1.29, 1.82) is 0 Å². The molecule has 0 aliphatic carbocycles. The van der Waals surface area contributed by atoms with Crippen LogP contribution in [-0.2, 0) is 6.61 Å². The van der Waals surface area contributed by atoms with Gasteiger partial charge < -0.3 is 5.11 Å². The second kappa shape index (κ2) is 6.18. The third-order valence-corrected chi connectivity index (χ3v) is 4.36. The van der Waals surface area contributed by atoms with Gasteiger partial charge in [-0.05, 0) is 42.0 Å². The van der Waals surface area contributed by atoms with Crippen molar-refractivity contribution in [2.24, 2.45) is 0 Å². The maximum absolute atomic E-state index is 9.34. The molecule has 0 atom stereocenters. The third-order valence-electron chi connectivity index (χ3n) is 2.29. The van der Waals surface area contributed by atoms with E-state index >= 15 is 0 Å². The molecule has 2 rings (SSSR count). The molecule has 0 aliphatic rings. The van der Waals surface area contributed by atoms with Gasteiger partial charge in [-0.1, -0.05) is 46.6 Å². The highest BCUT2D eigenvalue weighted by molar-refractivity contribution is 7.99. The molecule has 0 bridgehead atoms. The van der Waals surface area contributed by atoms with Gasteiger partial charge in [0.25, 0.3) is 0 Å². The lowest BCUT2D eigenvalue weighted by Crippen LogP contribution is -1.89. The Bertz CT molecular complexity index is 555. The summed E-state index contributed by atoms with van der Waals surface area (Å²) in [7, 11) is 0. The van der Waals surface area contributed by atoms with Gasteiger partial charge in [-0.3, -0.25) is 0 Å². The first-order valence-electron chi connectivity index (χ1n) is 5.12. The van der Waals surface area contributed by atoms with Crippen molar-refractivity contribution in [2.75, 3.05) is 0 Å².